The number of halogens is 1. The van der Waals surface area contributed by atoms with Gasteiger partial charge in [-0.15, -0.1) is 0 Å². The molecule has 0 aromatic heterocycles. The molecule has 2 aromatic rings. The Morgan fingerprint density at radius 1 is 1.29 bits per heavy atom. The van der Waals surface area contributed by atoms with E-state index < -0.39 is 6.10 Å². The summed E-state index contributed by atoms with van der Waals surface area (Å²) in [5.41, 5.74) is 2.13. The van der Waals surface area contributed by atoms with Gasteiger partial charge in [-0.25, -0.2) is 0 Å². The number of ether oxygens (including phenoxy) is 1. The van der Waals surface area contributed by atoms with Crippen molar-refractivity contribution in [3.63, 3.8) is 0 Å². The van der Waals surface area contributed by atoms with Gasteiger partial charge in [0.25, 0.3) is 11.8 Å². The number of anilines is 1. The highest BCUT2D eigenvalue weighted by Gasteiger charge is 2.24. The fourth-order valence-electron chi connectivity index (χ4n) is 2.46. The van der Waals surface area contributed by atoms with Gasteiger partial charge in [-0.1, -0.05) is 23.7 Å². The molecule has 3 rings (SSSR count). The second-order valence-electron chi connectivity index (χ2n) is 5.60. The maximum absolute atomic E-state index is 12.3. The smallest absolute Gasteiger partial charge is 0.265 e. The third-order valence-electron chi connectivity index (χ3n) is 3.76. The van der Waals surface area contributed by atoms with E-state index in [0.717, 1.165) is 5.56 Å². The van der Waals surface area contributed by atoms with Crippen LogP contribution in [0.2, 0.25) is 5.02 Å². The number of carbonyl (C=O) groups excluding carboxylic acids is 2. The van der Waals surface area contributed by atoms with Crippen molar-refractivity contribution < 1.29 is 14.3 Å². The molecule has 1 aliphatic rings. The predicted molar refractivity (Wildman–Crippen MR) is 92.7 cm³/mol. The van der Waals surface area contributed by atoms with Crippen LogP contribution in [0, 0.1) is 0 Å². The fourth-order valence-corrected chi connectivity index (χ4v) is 2.67. The molecule has 1 unspecified atom stereocenters. The lowest BCUT2D eigenvalue weighted by molar-refractivity contribution is -0.122. The molecule has 24 heavy (non-hydrogen) atoms. The van der Waals surface area contributed by atoms with Crippen LogP contribution >= 0.6 is 11.6 Å². The van der Waals surface area contributed by atoms with Gasteiger partial charge in [0.15, 0.2) is 6.10 Å². The first-order chi connectivity index (χ1) is 11.5. The van der Waals surface area contributed by atoms with Gasteiger partial charge < -0.3 is 15.4 Å². The van der Waals surface area contributed by atoms with Crippen molar-refractivity contribution in [3.8, 4) is 5.75 Å². The molecule has 5 nitrogen and oxygen atoms in total. The summed E-state index contributed by atoms with van der Waals surface area (Å²) in [4.78, 5) is 23.8. The Morgan fingerprint density at radius 2 is 2.12 bits per heavy atom. The first kappa shape index (κ1) is 16.3. The SMILES string of the molecule is CC1Oc2cc(C(=O)NCCc3cccc(Cl)c3)ccc2NC1=O. The first-order valence-electron chi connectivity index (χ1n) is 7.67. The van der Waals surface area contributed by atoms with E-state index in [0.29, 0.717) is 35.0 Å². The Hall–Kier alpha value is -2.53. The molecule has 0 radical (unpaired) electrons. The van der Waals surface area contributed by atoms with Gasteiger partial charge in [-0.3, -0.25) is 9.59 Å². The van der Waals surface area contributed by atoms with Crippen molar-refractivity contribution in [1.29, 1.82) is 0 Å². The molecule has 2 N–H and O–H groups in total. The molecular weight excluding hydrogens is 328 g/mol. The monoisotopic (exact) mass is 344 g/mol. The van der Waals surface area contributed by atoms with Crippen LogP contribution in [0.4, 0.5) is 5.69 Å². The van der Waals surface area contributed by atoms with E-state index in [1.54, 1.807) is 25.1 Å². The topological polar surface area (TPSA) is 67.4 Å². The summed E-state index contributed by atoms with van der Waals surface area (Å²) >= 11 is 5.94. The lowest BCUT2D eigenvalue weighted by Gasteiger charge is -2.23. The number of benzene rings is 2. The highest BCUT2D eigenvalue weighted by Crippen LogP contribution is 2.30. The lowest BCUT2D eigenvalue weighted by atomic mass is 10.1. The quantitative estimate of drug-likeness (QED) is 0.895. The standard InChI is InChI=1S/C18H17ClN2O3/c1-11-17(22)21-15-6-5-13(10-16(15)24-11)18(23)20-8-7-12-3-2-4-14(19)9-12/h2-6,9-11H,7-8H2,1H3,(H,20,23)(H,21,22). The molecule has 124 valence electrons. The molecule has 6 heteroatoms. The normalized spacial score (nSPS) is 15.9. The van der Waals surface area contributed by atoms with Crippen LogP contribution in [-0.4, -0.2) is 24.5 Å². The number of fused-ring (bicyclic) bond motifs is 1. The second-order valence-corrected chi connectivity index (χ2v) is 6.03. The van der Waals surface area contributed by atoms with E-state index in [9.17, 15) is 9.59 Å². The largest absolute Gasteiger partial charge is 0.479 e. The molecular formula is C18H17ClN2O3. The van der Waals surface area contributed by atoms with E-state index >= 15 is 0 Å². The van der Waals surface area contributed by atoms with Gasteiger partial charge in [0.2, 0.25) is 0 Å². The van der Waals surface area contributed by atoms with Gasteiger partial charge in [-0.2, -0.15) is 0 Å². The Kier molecular flexibility index (Phi) is 4.71. The zero-order valence-corrected chi connectivity index (χ0v) is 13.9. The number of amides is 2. The van der Waals surface area contributed by atoms with Gasteiger partial charge in [0.05, 0.1) is 5.69 Å². The third-order valence-corrected chi connectivity index (χ3v) is 4.00. The average molecular weight is 345 g/mol. The highest BCUT2D eigenvalue weighted by atomic mass is 35.5. The Bertz CT molecular complexity index is 792. The molecule has 0 fully saturated rings. The number of hydrogen-bond donors (Lipinski definition) is 2. The van der Waals surface area contributed by atoms with Crippen LogP contribution in [0.1, 0.15) is 22.8 Å². The molecule has 1 atom stereocenters. The van der Waals surface area contributed by atoms with E-state index in [4.69, 9.17) is 16.3 Å². The molecule has 1 aliphatic heterocycles. The van der Waals surface area contributed by atoms with E-state index in [2.05, 4.69) is 10.6 Å². The highest BCUT2D eigenvalue weighted by molar-refractivity contribution is 6.30. The Morgan fingerprint density at radius 3 is 2.92 bits per heavy atom. The minimum atomic E-state index is -0.571. The minimum absolute atomic E-state index is 0.187. The molecule has 0 saturated carbocycles. The van der Waals surface area contributed by atoms with Crippen molar-refractivity contribution in [2.75, 3.05) is 11.9 Å². The van der Waals surface area contributed by atoms with Crippen molar-refractivity contribution in [2.24, 2.45) is 0 Å². The van der Waals surface area contributed by atoms with Crippen LogP contribution in [-0.2, 0) is 11.2 Å². The maximum atomic E-state index is 12.3. The zero-order valence-electron chi connectivity index (χ0n) is 13.1. The average Bonchev–Trinajstić information content (AvgIpc) is 2.55. The van der Waals surface area contributed by atoms with Crippen molar-refractivity contribution >= 4 is 29.1 Å². The van der Waals surface area contributed by atoms with Gasteiger partial charge in [0.1, 0.15) is 5.75 Å². The second kappa shape index (κ2) is 6.93. The summed E-state index contributed by atoms with van der Waals surface area (Å²) in [6.07, 6.45) is 0.125. The van der Waals surface area contributed by atoms with Crippen LogP contribution in [0.25, 0.3) is 0 Å². The summed E-state index contributed by atoms with van der Waals surface area (Å²) in [5.74, 6) is 0.124. The maximum Gasteiger partial charge on any atom is 0.265 e. The summed E-state index contributed by atoms with van der Waals surface area (Å²) in [5, 5.41) is 6.29. The number of nitrogens with one attached hydrogen (secondary N) is 2. The summed E-state index contributed by atoms with van der Waals surface area (Å²) in [7, 11) is 0. The van der Waals surface area contributed by atoms with Crippen LogP contribution in [0.3, 0.4) is 0 Å². The van der Waals surface area contributed by atoms with Crippen LogP contribution in [0.5, 0.6) is 5.75 Å². The van der Waals surface area contributed by atoms with Crippen molar-refractivity contribution in [1.82, 2.24) is 5.32 Å². The predicted octanol–water partition coefficient (Wildman–Crippen LogP) is 3.03. The summed E-state index contributed by atoms with van der Waals surface area (Å²) < 4.78 is 5.52. The Balaban J connectivity index is 1.61. The van der Waals surface area contributed by atoms with Gasteiger partial charge in [-0.05, 0) is 49.2 Å². The van der Waals surface area contributed by atoms with E-state index in [1.165, 1.54) is 0 Å². The lowest BCUT2D eigenvalue weighted by Crippen LogP contribution is -2.34. The molecule has 0 bridgehead atoms. The molecule has 0 aliphatic carbocycles. The summed E-state index contributed by atoms with van der Waals surface area (Å²) in [6.45, 7) is 2.17. The molecule has 1 heterocycles. The van der Waals surface area contributed by atoms with Crippen LogP contribution < -0.4 is 15.4 Å². The number of rotatable bonds is 4. The molecule has 0 saturated heterocycles. The first-order valence-corrected chi connectivity index (χ1v) is 8.05. The fraction of sp³-hybridized carbons (Fsp3) is 0.222. The van der Waals surface area contributed by atoms with E-state index in [1.807, 2.05) is 24.3 Å². The third kappa shape index (κ3) is 3.68. The van der Waals surface area contributed by atoms with Gasteiger partial charge >= 0.3 is 0 Å². The molecule has 2 aromatic carbocycles. The summed E-state index contributed by atoms with van der Waals surface area (Å²) in [6, 6.07) is 12.5. The Labute approximate surface area is 145 Å². The van der Waals surface area contributed by atoms with E-state index in [-0.39, 0.29) is 11.8 Å². The number of carbonyl (C=O) groups is 2. The van der Waals surface area contributed by atoms with Crippen LogP contribution in [0.15, 0.2) is 42.5 Å². The number of hydrogen-bond acceptors (Lipinski definition) is 3. The minimum Gasteiger partial charge on any atom is -0.479 e. The molecule has 0 spiro atoms. The van der Waals surface area contributed by atoms with Crippen molar-refractivity contribution in [3.05, 3.63) is 58.6 Å². The van der Waals surface area contributed by atoms with Gasteiger partial charge in [0, 0.05) is 17.1 Å². The molecule has 2 amide bonds. The van der Waals surface area contributed by atoms with Crippen molar-refractivity contribution in [2.45, 2.75) is 19.4 Å². The zero-order chi connectivity index (χ0) is 17.1.